The number of carbonyl (C=O) groups is 2. The summed E-state index contributed by atoms with van der Waals surface area (Å²) in [7, 11) is 0. The van der Waals surface area contributed by atoms with Crippen LogP contribution in [0.3, 0.4) is 0 Å². The van der Waals surface area contributed by atoms with E-state index >= 15 is 0 Å². The minimum Gasteiger partial charge on any atom is -0.288 e. The van der Waals surface area contributed by atoms with Crippen molar-refractivity contribution < 1.29 is 9.59 Å². The maximum atomic E-state index is 12.8. The lowest BCUT2D eigenvalue weighted by Gasteiger charge is -2.16. The zero-order valence-electron chi connectivity index (χ0n) is 14.4. The molecule has 1 heterocycles. The van der Waals surface area contributed by atoms with E-state index in [0.717, 1.165) is 33.0 Å². The van der Waals surface area contributed by atoms with E-state index in [-0.39, 0.29) is 11.8 Å². The Morgan fingerprint density at radius 2 is 0.815 bits per heavy atom. The van der Waals surface area contributed by atoms with Crippen LogP contribution >= 0.6 is 0 Å². The van der Waals surface area contributed by atoms with E-state index in [4.69, 9.17) is 0 Å². The molecule has 0 saturated heterocycles. The van der Waals surface area contributed by atoms with Gasteiger partial charge in [0.2, 0.25) is 0 Å². The molecule has 3 nitrogen and oxygen atoms in total. The molecule has 2 amide bonds. The number of nitrogens with one attached hydrogen (secondary N) is 1. The van der Waals surface area contributed by atoms with Crippen molar-refractivity contribution in [2.75, 3.05) is 0 Å². The number of benzene rings is 4. The summed E-state index contributed by atoms with van der Waals surface area (Å²) in [5, 5.41) is 4.43. The van der Waals surface area contributed by atoms with Crippen LogP contribution in [0, 0.1) is 0 Å². The van der Waals surface area contributed by atoms with Gasteiger partial charge in [0.15, 0.2) is 0 Å². The normalized spacial score (nSPS) is 12.9. The maximum Gasteiger partial charge on any atom is 0.259 e. The molecule has 0 spiro atoms. The fourth-order valence-electron chi connectivity index (χ4n) is 3.93. The number of amides is 2. The minimum absolute atomic E-state index is 0.336. The highest BCUT2D eigenvalue weighted by atomic mass is 16.2. The van der Waals surface area contributed by atoms with E-state index in [1.165, 1.54) is 0 Å². The van der Waals surface area contributed by atoms with Gasteiger partial charge in [-0.2, -0.15) is 0 Å². The average molecular weight is 349 g/mol. The number of hydrogen-bond donors (Lipinski definition) is 1. The Morgan fingerprint density at radius 1 is 0.444 bits per heavy atom. The zero-order valence-corrected chi connectivity index (χ0v) is 14.4. The first-order valence-corrected chi connectivity index (χ1v) is 8.81. The van der Waals surface area contributed by atoms with Gasteiger partial charge in [-0.05, 0) is 21.9 Å². The first-order chi connectivity index (χ1) is 13.3. The van der Waals surface area contributed by atoms with Gasteiger partial charge in [-0.15, -0.1) is 0 Å². The number of hydrogen-bond acceptors (Lipinski definition) is 2. The third-order valence-corrected chi connectivity index (χ3v) is 5.02. The van der Waals surface area contributed by atoms with E-state index in [0.29, 0.717) is 11.1 Å². The molecule has 0 radical (unpaired) electrons. The Balaban J connectivity index is 2.01. The highest BCUT2D eigenvalue weighted by Crippen LogP contribution is 2.43. The van der Waals surface area contributed by atoms with Crippen LogP contribution in [-0.4, -0.2) is 11.8 Å². The van der Waals surface area contributed by atoms with Gasteiger partial charge in [0, 0.05) is 11.1 Å². The second-order valence-corrected chi connectivity index (χ2v) is 6.56. The van der Waals surface area contributed by atoms with Gasteiger partial charge in [-0.1, -0.05) is 84.9 Å². The first-order valence-electron chi connectivity index (χ1n) is 8.81. The number of fused-ring (bicyclic) bond motifs is 2. The van der Waals surface area contributed by atoms with E-state index in [9.17, 15) is 9.59 Å². The summed E-state index contributed by atoms with van der Waals surface area (Å²) in [6, 6.07) is 27.5. The number of carbonyl (C=O) groups excluding carboxylic acids is 2. The van der Waals surface area contributed by atoms with Crippen molar-refractivity contribution in [1.29, 1.82) is 0 Å². The summed E-state index contributed by atoms with van der Waals surface area (Å²) in [6.45, 7) is 0. The average Bonchev–Trinajstić information content (AvgIpc) is 3.01. The lowest BCUT2D eigenvalue weighted by molar-refractivity contribution is 0.0880. The molecule has 4 aromatic rings. The topological polar surface area (TPSA) is 46.2 Å². The lowest BCUT2D eigenvalue weighted by atomic mass is 9.84. The Hall–Kier alpha value is -3.72. The van der Waals surface area contributed by atoms with Gasteiger partial charge in [0.25, 0.3) is 11.8 Å². The van der Waals surface area contributed by atoms with Crippen molar-refractivity contribution in [3.05, 3.63) is 96.1 Å². The van der Waals surface area contributed by atoms with Crippen LogP contribution in [0.25, 0.3) is 33.0 Å². The Bertz CT molecular complexity index is 1120. The van der Waals surface area contributed by atoms with E-state index in [1.807, 2.05) is 84.9 Å². The molecule has 0 saturated carbocycles. The number of rotatable bonds is 2. The molecule has 0 unspecified atom stereocenters. The molecule has 5 rings (SSSR count). The highest BCUT2D eigenvalue weighted by molar-refractivity contribution is 6.31. The van der Waals surface area contributed by atoms with Crippen LogP contribution in [0.4, 0.5) is 0 Å². The smallest absolute Gasteiger partial charge is 0.259 e. The molecule has 1 aliphatic heterocycles. The van der Waals surface area contributed by atoms with E-state index in [2.05, 4.69) is 5.32 Å². The molecule has 0 bridgehead atoms. The first kappa shape index (κ1) is 15.5. The zero-order chi connectivity index (χ0) is 18.4. The predicted octanol–water partition coefficient (Wildman–Crippen LogP) is 5.06. The summed E-state index contributed by atoms with van der Waals surface area (Å²) in [6.07, 6.45) is 0. The van der Waals surface area contributed by atoms with Gasteiger partial charge in [-0.25, -0.2) is 0 Å². The monoisotopic (exact) mass is 349 g/mol. The minimum atomic E-state index is -0.336. The van der Waals surface area contributed by atoms with Gasteiger partial charge in [0.05, 0.1) is 11.1 Å². The lowest BCUT2D eigenvalue weighted by Crippen LogP contribution is -2.20. The largest absolute Gasteiger partial charge is 0.288 e. The molecule has 0 fully saturated rings. The van der Waals surface area contributed by atoms with Gasteiger partial charge in [-0.3, -0.25) is 14.9 Å². The van der Waals surface area contributed by atoms with Crippen LogP contribution < -0.4 is 5.32 Å². The van der Waals surface area contributed by atoms with Crippen LogP contribution in [0.1, 0.15) is 20.7 Å². The second kappa shape index (κ2) is 5.92. The molecule has 1 aliphatic rings. The summed E-state index contributed by atoms with van der Waals surface area (Å²) in [5.41, 5.74) is 4.39. The van der Waals surface area contributed by atoms with Crippen molar-refractivity contribution in [3.63, 3.8) is 0 Å². The third kappa shape index (κ3) is 2.29. The standard InChI is InChI=1S/C24H15NO2/c26-23-21-19(15-9-3-1-4-10-15)17-13-7-8-14-18(17)20(22(21)24(27)25-23)16-11-5-2-6-12-16/h1-14H,(H,25,26,27). The van der Waals surface area contributed by atoms with Crippen LogP contribution in [0.2, 0.25) is 0 Å². The third-order valence-electron chi connectivity index (χ3n) is 5.02. The Labute approximate surface area is 156 Å². The molecule has 1 N–H and O–H groups in total. The Morgan fingerprint density at radius 3 is 1.22 bits per heavy atom. The highest BCUT2D eigenvalue weighted by Gasteiger charge is 2.35. The van der Waals surface area contributed by atoms with Crippen LogP contribution in [-0.2, 0) is 0 Å². The predicted molar refractivity (Wildman–Crippen MR) is 107 cm³/mol. The molecule has 4 aromatic carbocycles. The molecule has 0 atom stereocenters. The van der Waals surface area contributed by atoms with Gasteiger partial charge >= 0.3 is 0 Å². The van der Waals surface area contributed by atoms with Crippen molar-refractivity contribution in [2.24, 2.45) is 0 Å². The molecule has 128 valence electrons. The van der Waals surface area contributed by atoms with E-state index in [1.54, 1.807) is 0 Å². The van der Waals surface area contributed by atoms with Gasteiger partial charge in [0.1, 0.15) is 0 Å². The summed E-state index contributed by atoms with van der Waals surface area (Å²) in [4.78, 5) is 25.5. The summed E-state index contributed by atoms with van der Waals surface area (Å²) in [5.74, 6) is -0.673. The van der Waals surface area contributed by atoms with Crippen LogP contribution in [0.5, 0.6) is 0 Å². The second-order valence-electron chi connectivity index (χ2n) is 6.56. The van der Waals surface area contributed by atoms with Crippen molar-refractivity contribution >= 4 is 22.6 Å². The maximum absolute atomic E-state index is 12.8. The van der Waals surface area contributed by atoms with Crippen molar-refractivity contribution in [3.8, 4) is 22.3 Å². The fraction of sp³-hybridized carbons (Fsp3) is 0. The fourth-order valence-corrected chi connectivity index (χ4v) is 3.93. The summed E-state index contributed by atoms with van der Waals surface area (Å²) < 4.78 is 0. The molecule has 0 aromatic heterocycles. The molecule has 3 heteroatoms. The van der Waals surface area contributed by atoms with Crippen molar-refractivity contribution in [1.82, 2.24) is 5.32 Å². The SMILES string of the molecule is O=C1NC(=O)c2c1c(-c1ccccc1)c1ccccc1c2-c1ccccc1. The molecular formula is C24H15NO2. The molecular weight excluding hydrogens is 334 g/mol. The van der Waals surface area contributed by atoms with Crippen molar-refractivity contribution in [2.45, 2.75) is 0 Å². The van der Waals surface area contributed by atoms with E-state index < -0.39 is 0 Å². The summed E-state index contributed by atoms with van der Waals surface area (Å²) >= 11 is 0. The number of imide groups is 1. The molecule has 27 heavy (non-hydrogen) atoms. The molecule has 0 aliphatic carbocycles. The Kier molecular flexibility index (Phi) is 3.41. The van der Waals surface area contributed by atoms with Crippen LogP contribution in [0.15, 0.2) is 84.9 Å². The quantitative estimate of drug-likeness (QED) is 0.514. The van der Waals surface area contributed by atoms with Gasteiger partial charge < -0.3 is 0 Å².